The molecule has 120 valence electrons. The minimum absolute atomic E-state index is 0.0303. The quantitative estimate of drug-likeness (QED) is 0.543. The zero-order valence-electron chi connectivity index (χ0n) is 12.8. The van der Waals surface area contributed by atoms with Crippen LogP contribution in [0.15, 0.2) is 18.2 Å². The molecule has 1 saturated carbocycles. The SMILES string of the molecule is CCN(C(=O)c1ccc(C(=O)CBr)cc1Cl)C1CCCCC1. The number of Topliss-reactive ketones (excluding diaryl/α,β-unsaturated/α-hetero) is 1. The largest absolute Gasteiger partial charge is 0.336 e. The van der Waals surface area contributed by atoms with Gasteiger partial charge >= 0.3 is 0 Å². The van der Waals surface area contributed by atoms with Crippen molar-refractivity contribution in [2.75, 3.05) is 11.9 Å². The van der Waals surface area contributed by atoms with Gasteiger partial charge in [-0.1, -0.05) is 52.9 Å². The van der Waals surface area contributed by atoms with Crippen LogP contribution in [0.2, 0.25) is 5.02 Å². The van der Waals surface area contributed by atoms with E-state index >= 15 is 0 Å². The van der Waals surface area contributed by atoms with Crippen molar-refractivity contribution in [1.29, 1.82) is 0 Å². The number of alkyl halides is 1. The highest BCUT2D eigenvalue weighted by molar-refractivity contribution is 9.09. The molecule has 0 radical (unpaired) electrons. The molecule has 1 amide bonds. The van der Waals surface area contributed by atoms with Crippen LogP contribution >= 0.6 is 27.5 Å². The van der Waals surface area contributed by atoms with Gasteiger partial charge in [0.05, 0.1) is 15.9 Å². The first kappa shape index (κ1) is 17.5. The zero-order chi connectivity index (χ0) is 16.1. The van der Waals surface area contributed by atoms with E-state index in [4.69, 9.17) is 11.6 Å². The third-order valence-corrected chi connectivity index (χ3v) is 5.08. The van der Waals surface area contributed by atoms with Crippen molar-refractivity contribution >= 4 is 39.2 Å². The number of benzene rings is 1. The van der Waals surface area contributed by atoms with E-state index in [0.717, 1.165) is 12.8 Å². The highest BCUT2D eigenvalue weighted by Gasteiger charge is 2.26. The molecule has 1 aromatic carbocycles. The molecule has 0 unspecified atom stereocenters. The number of rotatable bonds is 5. The molecule has 2 rings (SSSR count). The molecule has 5 heteroatoms. The van der Waals surface area contributed by atoms with E-state index in [9.17, 15) is 9.59 Å². The van der Waals surface area contributed by atoms with Crippen molar-refractivity contribution in [3.8, 4) is 0 Å². The van der Waals surface area contributed by atoms with Gasteiger partial charge in [-0.15, -0.1) is 0 Å². The second-order valence-corrected chi connectivity index (χ2v) is 6.60. The Hall–Kier alpha value is -0.870. The number of carbonyl (C=O) groups is 2. The van der Waals surface area contributed by atoms with E-state index in [1.54, 1.807) is 18.2 Å². The molecule has 0 aromatic heterocycles. The molecule has 0 atom stereocenters. The maximum absolute atomic E-state index is 12.8. The van der Waals surface area contributed by atoms with Crippen molar-refractivity contribution in [3.63, 3.8) is 0 Å². The summed E-state index contributed by atoms with van der Waals surface area (Å²) in [4.78, 5) is 26.4. The Bertz CT molecular complexity index is 556. The number of hydrogen-bond acceptors (Lipinski definition) is 2. The number of nitrogens with zero attached hydrogens (tertiary/aromatic N) is 1. The fourth-order valence-electron chi connectivity index (χ4n) is 3.05. The van der Waals surface area contributed by atoms with Crippen molar-refractivity contribution in [1.82, 2.24) is 4.90 Å². The van der Waals surface area contributed by atoms with E-state index in [2.05, 4.69) is 15.9 Å². The van der Waals surface area contributed by atoms with Gasteiger partial charge in [-0.05, 0) is 31.9 Å². The maximum atomic E-state index is 12.8. The number of amides is 1. The lowest BCUT2D eigenvalue weighted by Crippen LogP contribution is -2.41. The highest BCUT2D eigenvalue weighted by atomic mass is 79.9. The topological polar surface area (TPSA) is 37.4 Å². The summed E-state index contributed by atoms with van der Waals surface area (Å²) in [5.74, 6) is -0.0715. The normalized spacial score (nSPS) is 15.6. The Morgan fingerprint density at radius 3 is 2.50 bits per heavy atom. The Labute approximate surface area is 145 Å². The molecule has 0 heterocycles. The van der Waals surface area contributed by atoms with E-state index in [1.807, 2.05) is 11.8 Å². The van der Waals surface area contributed by atoms with Crippen LogP contribution in [-0.4, -0.2) is 34.5 Å². The lowest BCUT2D eigenvalue weighted by molar-refractivity contribution is 0.0648. The number of ketones is 1. The van der Waals surface area contributed by atoms with E-state index in [-0.39, 0.29) is 17.0 Å². The molecule has 0 N–H and O–H groups in total. The summed E-state index contributed by atoms with van der Waals surface area (Å²) < 4.78 is 0. The summed E-state index contributed by atoms with van der Waals surface area (Å²) in [6.07, 6.45) is 5.75. The molecular weight excluding hydrogens is 366 g/mol. The molecule has 3 nitrogen and oxygen atoms in total. The fraction of sp³-hybridized carbons (Fsp3) is 0.529. The first-order valence-electron chi connectivity index (χ1n) is 7.78. The zero-order valence-corrected chi connectivity index (χ0v) is 15.1. The van der Waals surface area contributed by atoms with Crippen LogP contribution in [0.1, 0.15) is 59.7 Å². The second-order valence-electron chi connectivity index (χ2n) is 5.63. The fourth-order valence-corrected chi connectivity index (χ4v) is 3.64. The smallest absolute Gasteiger partial charge is 0.255 e. The van der Waals surface area contributed by atoms with Gasteiger partial charge in [-0.3, -0.25) is 9.59 Å². The minimum Gasteiger partial charge on any atom is -0.336 e. The van der Waals surface area contributed by atoms with Crippen LogP contribution in [0, 0.1) is 0 Å². The lowest BCUT2D eigenvalue weighted by Gasteiger charge is -2.33. The Balaban J connectivity index is 2.21. The third kappa shape index (κ3) is 3.90. The van der Waals surface area contributed by atoms with Crippen LogP contribution in [-0.2, 0) is 0 Å². The molecule has 0 aliphatic heterocycles. The van der Waals surface area contributed by atoms with Gasteiger partial charge in [-0.2, -0.15) is 0 Å². The van der Waals surface area contributed by atoms with Gasteiger partial charge in [0, 0.05) is 18.2 Å². The molecule has 1 aliphatic rings. The summed E-state index contributed by atoms with van der Waals surface area (Å²) in [5.41, 5.74) is 1.01. The van der Waals surface area contributed by atoms with E-state index < -0.39 is 0 Å². The summed E-state index contributed by atoms with van der Waals surface area (Å²) in [6, 6.07) is 5.25. The van der Waals surface area contributed by atoms with Crippen molar-refractivity contribution in [2.24, 2.45) is 0 Å². The minimum atomic E-state index is -0.0412. The van der Waals surface area contributed by atoms with Crippen LogP contribution in [0.25, 0.3) is 0 Å². The second kappa shape index (κ2) is 8.11. The molecule has 0 saturated heterocycles. The average molecular weight is 387 g/mol. The van der Waals surface area contributed by atoms with Crippen molar-refractivity contribution in [2.45, 2.75) is 45.1 Å². The predicted molar refractivity (Wildman–Crippen MR) is 93.2 cm³/mol. The number of carbonyl (C=O) groups excluding carboxylic acids is 2. The monoisotopic (exact) mass is 385 g/mol. The number of halogens is 2. The van der Waals surface area contributed by atoms with Crippen molar-refractivity contribution < 1.29 is 9.59 Å². The Morgan fingerprint density at radius 2 is 1.95 bits per heavy atom. The summed E-state index contributed by atoms with van der Waals surface area (Å²) in [6.45, 7) is 2.69. The number of hydrogen-bond donors (Lipinski definition) is 0. The van der Waals surface area contributed by atoms with Gasteiger partial charge in [0.15, 0.2) is 5.78 Å². The predicted octanol–water partition coefficient (Wildman–Crippen LogP) is 4.71. The van der Waals surface area contributed by atoms with E-state index in [1.165, 1.54) is 19.3 Å². The Kier molecular flexibility index (Phi) is 6.45. The van der Waals surface area contributed by atoms with Gasteiger partial charge < -0.3 is 4.90 Å². The summed E-state index contributed by atoms with van der Waals surface area (Å²) in [5, 5.41) is 0.603. The average Bonchev–Trinajstić information content (AvgIpc) is 2.55. The van der Waals surface area contributed by atoms with Crippen LogP contribution in [0.4, 0.5) is 0 Å². The molecule has 1 aromatic rings. The first-order chi connectivity index (χ1) is 10.6. The van der Waals surface area contributed by atoms with E-state index in [0.29, 0.717) is 28.7 Å². The van der Waals surface area contributed by atoms with Crippen molar-refractivity contribution in [3.05, 3.63) is 34.3 Å². The third-order valence-electron chi connectivity index (χ3n) is 4.26. The Morgan fingerprint density at radius 1 is 1.27 bits per heavy atom. The standard InChI is InChI=1S/C17H21BrClNO2/c1-2-20(13-6-4-3-5-7-13)17(22)14-9-8-12(10-15(14)19)16(21)11-18/h8-10,13H,2-7,11H2,1H3. The maximum Gasteiger partial charge on any atom is 0.255 e. The molecule has 22 heavy (non-hydrogen) atoms. The molecule has 0 spiro atoms. The highest BCUT2D eigenvalue weighted by Crippen LogP contribution is 2.26. The van der Waals surface area contributed by atoms with Crippen LogP contribution in [0.5, 0.6) is 0 Å². The van der Waals surface area contributed by atoms with Gasteiger partial charge in [0.25, 0.3) is 5.91 Å². The molecular formula is C17H21BrClNO2. The van der Waals surface area contributed by atoms with Gasteiger partial charge in [-0.25, -0.2) is 0 Å². The lowest BCUT2D eigenvalue weighted by atomic mass is 9.93. The summed E-state index contributed by atoms with van der Waals surface area (Å²) in [7, 11) is 0. The first-order valence-corrected chi connectivity index (χ1v) is 9.28. The molecule has 1 fully saturated rings. The van der Waals surface area contributed by atoms with Gasteiger partial charge in [0.2, 0.25) is 0 Å². The van der Waals surface area contributed by atoms with Gasteiger partial charge in [0.1, 0.15) is 0 Å². The molecule has 1 aliphatic carbocycles. The summed E-state index contributed by atoms with van der Waals surface area (Å²) >= 11 is 9.39. The molecule has 0 bridgehead atoms. The van der Waals surface area contributed by atoms with Crippen LogP contribution in [0.3, 0.4) is 0 Å². The van der Waals surface area contributed by atoms with Crippen LogP contribution < -0.4 is 0 Å².